The number of hydrogen-bond acceptors (Lipinski definition) is 5. The molecule has 2 rings (SSSR count). The van der Waals surface area contributed by atoms with Crippen LogP contribution >= 0.6 is 0 Å². The maximum Gasteiger partial charge on any atom is 0.265 e. The molecule has 1 aromatic carbocycles. The maximum absolute atomic E-state index is 12.4. The minimum Gasteiger partial charge on any atom is -0.506 e. The van der Waals surface area contributed by atoms with E-state index in [9.17, 15) is 14.7 Å². The molecule has 0 bridgehead atoms. The summed E-state index contributed by atoms with van der Waals surface area (Å²) in [4.78, 5) is 27.3. The first-order chi connectivity index (χ1) is 13.0. The van der Waals surface area contributed by atoms with Crippen LogP contribution < -0.4 is 20.3 Å². The number of aromatic amines is 1. The molecule has 27 heavy (non-hydrogen) atoms. The standard InChI is InChI=1S/C20H28N2O5/c1-4-5-6-7-8-9-10-21-19(24)17-18(23)13-11-15(26-2)16(27-3)12-14(13)22-20(17)25/h11-12H,4-10H2,1-3H3,(H,21,24)(H2,22,23,25). The number of benzene rings is 1. The number of ether oxygens (including phenoxy) is 2. The lowest BCUT2D eigenvalue weighted by Gasteiger charge is -2.12. The number of nitrogens with one attached hydrogen (secondary N) is 2. The largest absolute Gasteiger partial charge is 0.506 e. The van der Waals surface area contributed by atoms with Crippen LogP contribution in [-0.2, 0) is 0 Å². The molecule has 0 aliphatic carbocycles. The van der Waals surface area contributed by atoms with E-state index in [1.807, 2.05) is 0 Å². The Labute approximate surface area is 158 Å². The minimum absolute atomic E-state index is 0.291. The summed E-state index contributed by atoms with van der Waals surface area (Å²) in [7, 11) is 2.95. The van der Waals surface area contributed by atoms with Crippen molar-refractivity contribution in [2.45, 2.75) is 45.4 Å². The third-order valence-electron chi connectivity index (χ3n) is 4.53. The highest BCUT2D eigenvalue weighted by molar-refractivity contribution is 6.02. The van der Waals surface area contributed by atoms with Gasteiger partial charge in [0.1, 0.15) is 11.3 Å². The zero-order valence-corrected chi connectivity index (χ0v) is 16.2. The Hall–Kier alpha value is -2.70. The zero-order valence-electron chi connectivity index (χ0n) is 16.2. The van der Waals surface area contributed by atoms with E-state index in [4.69, 9.17) is 9.47 Å². The van der Waals surface area contributed by atoms with Gasteiger partial charge in [0, 0.05) is 18.0 Å². The van der Waals surface area contributed by atoms with Crippen molar-refractivity contribution in [3.8, 4) is 17.2 Å². The highest BCUT2D eigenvalue weighted by Gasteiger charge is 2.20. The second-order valence-electron chi connectivity index (χ2n) is 6.45. The molecule has 2 aromatic rings. The Balaban J connectivity index is 2.15. The minimum atomic E-state index is -0.646. The Kier molecular flexibility index (Phi) is 7.52. The highest BCUT2D eigenvalue weighted by atomic mass is 16.5. The van der Waals surface area contributed by atoms with Gasteiger partial charge in [0.05, 0.1) is 19.7 Å². The summed E-state index contributed by atoms with van der Waals surface area (Å²) in [6.45, 7) is 2.63. The van der Waals surface area contributed by atoms with Crippen molar-refractivity contribution in [1.82, 2.24) is 10.3 Å². The molecule has 7 heteroatoms. The first kappa shape index (κ1) is 20.6. The number of rotatable bonds is 10. The van der Waals surface area contributed by atoms with E-state index in [2.05, 4.69) is 17.2 Å². The Morgan fingerprint density at radius 2 is 1.70 bits per heavy atom. The quantitative estimate of drug-likeness (QED) is 0.552. The number of H-pyrrole nitrogens is 1. The van der Waals surface area contributed by atoms with Gasteiger partial charge < -0.3 is 24.9 Å². The molecular formula is C20H28N2O5. The fourth-order valence-corrected chi connectivity index (χ4v) is 3.01. The molecule has 0 saturated carbocycles. The second-order valence-corrected chi connectivity index (χ2v) is 6.45. The average molecular weight is 376 g/mol. The van der Waals surface area contributed by atoms with Crippen LogP contribution in [-0.4, -0.2) is 36.8 Å². The molecule has 1 amide bonds. The number of methoxy groups -OCH3 is 2. The van der Waals surface area contributed by atoms with Gasteiger partial charge in [-0.05, 0) is 12.5 Å². The summed E-state index contributed by atoms with van der Waals surface area (Å²) in [5.41, 5.74) is -0.573. The molecule has 3 N–H and O–H groups in total. The highest BCUT2D eigenvalue weighted by Crippen LogP contribution is 2.35. The predicted molar refractivity (Wildman–Crippen MR) is 105 cm³/mol. The number of unbranched alkanes of at least 4 members (excludes halogenated alkanes) is 5. The lowest BCUT2D eigenvalue weighted by molar-refractivity contribution is 0.0949. The van der Waals surface area contributed by atoms with Crippen LogP contribution in [0.3, 0.4) is 0 Å². The van der Waals surface area contributed by atoms with Crippen LogP contribution in [0.2, 0.25) is 0 Å². The number of pyridine rings is 1. The van der Waals surface area contributed by atoms with E-state index in [0.29, 0.717) is 28.9 Å². The predicted octanol–water partition coefficient (Wildman–Crippen LogP) is 3.34. The maximum atomic E-state index is 12.4. The van der Waals surface area contributed by atoms with Crippen molar-refractivity contribution in [2.24, 2.45) is 0 Å². The first-order valence-corrected chi connectivity index (χ1v) is 9.32. The van der Waals surface area contributed by atoms with Crippen LogP contribution in [0.4, 0.5) is 0 Å². The number of amides is 1. The Bertz CT molecular complexity index is 844. The molecular weight excluding hydrogens is 348 g/mol. The number of hydrogen-bond donors (Lipinski definition) is 3. The van der Waals surface area contributed by atoms with Crippen molar-refractivity contribution >= 4 is 16.8 Å². The number of aromatic hydroxyl groups is 1. The van der Waals surface area contributed by atoms with E-state index >= 15 is 0 Å². The summed E-state index contributed by atoms with van der Waals surface area (Å²) in [6, 6.07) is 3.08. The van der Waals surface area contributed by atoms with Crippen LogP contribution in [0.1, 0.15) is 55.8 Å². The van der Waals surface area contributed by atoms with Crippen molar-refractivity contribution in [1.29, 1.82) is 0 Å². The fraction of sp³-hybridized carbons (Fsp3) is 0.500. The topological polar surface area (TPSA) is 101 Å². The van der Waals surface area contributed by atoms with Crippen molar-refractivity contribution < 1.29 is 19.4 Å². The summed E-state index contributed by atoms with van der Waals surface area (Å²) in [5.74, 6) is -0.139. The zero-order chi connectivity index (χ0) is 19.8. The van der Waals surface area contributed by atoms with Crippen molar-refractivity contribution in [3.63, 3.8) is 0 Å². The smallest absolute Gasteiger partial charge is 0.265 e. The van der Waals surface area contributed by atoms with Crippen molar-refractivity contribution in [2.75, 3.05) is 20.8 Å². The fourth-order valence-electron chi connectivity index (χ4n) is 3.01. The molecule has 1 aromatic heterocycles. The second kappa shape index (κ2) is 9.85. The Morgan fingerprint density at radius 3 is 2.37 bits per heavy atom. The molecule has 7 nitrogen and oxygen atoms in total. The molecule has 0 radical (unpaired) electrons. The van der Waals surface area contributed by atoms with Crippen LogP contribution in [0.5, 0.6) is 17.2 Å². The van der Waals surface area contributed by atoms with E-state index in [0.717, 1.165) is 19.3 Å². The van der Waals surface area contributed by atoms with Crippen molar-refractivity contribution in [3.05, 3.63) is 28.0 Å². The van der Waals surface area contributed by atoms with Gasteiger partial charge in [-0.15, -0.1) is 0 Å². The number of carbonyl (C=O) groups excluding carboxylic acids is 1. The molecule has 0 saturated heterocycles. The molecule has 0 fully saturated rings. The third kappa shape index (κ3) is 4.93. The monoisotopic (exact) mass is 376 g/mol. The molecule has 148 valence electrons. The summed E-state index contributed by atoms with van der Waals surface area (Å²) in [5, 5.41) is 13.5. The molecule has 0 aliphatic heterocycles. The van der Waals surface area contributed by atoms with Crippen LogP contribution in [0.15, 0.2) is 16.9 Å². The van der Waals surface area contributed by atoms with Gasteiger partial charge in [-0.3, -0.25) is 9.59 Å². The van der Waals surface area contributed by atoms with Gasteiger partial charge >= 0.3 is 0 Å². The summed E-state index contributed by atoms with van der Waals surface area (Å²) in [6.07, 6.45) is 6.61. The summed E-state index contributed by atoms with van der Waals surface area (Å²) < 4.78 is 10.4. The Morgan fingerprint density at radius 1 is 1.07 bits per heavy atom. The summed E-state index contributed by atoms with van der Waals surface area (Å²) >= 11 is 0. The van der Waals surface area contributed by atoms with Gasteiger partial charge in [0.25, 0.3) is 11.5 Å². The third-order valence-corrected chi connectivity index (χ3v) is 4.53. The molecule has 1 heterocycles. The van der Waals surface area contributed by atoms with E-state index in [1.54, 1.807) is 6.07 Å². The number of fused-ring (bicyclic) bond motifs is 1. The van der Waals surface area contributed by atoms with Gasteiger partial charge in [-0.25, -0.2) is 0 Å². The number of aromatic nitrogens is 1. The normalized spacial score (nSPS) is 10.8. The lowest BCUT2D eigenvalue weighted by atomic mass is 10.1. The van der Waals surface area contributed by atoms with Gasteiger partial charge in [-0.1, -0.05) is 39.0 Å². The van der Waals surface area contributed by atoms with Crippen LogP contribution in [0.25, 0.3) is 10.9 Å². The first-order valence-electron chi connectivity index (χ1n) is 9.32. The van der Waals surface area contributed by atoms with Gasteiger partial charge in [0.15, 0.2) is 11.5 Å². The van der Waals surface area contributed by atoms with E-state index in [-0.39, 0.29) is 11.3 Å². The molecule has 0 aliphatic rings. The molecule has 0 spiro atoms. The SMILES string of the molecule is CCCCCCCCNC(=O)c1c(O)c2cc(OC)c(OC)cc2[nH]c1=O. The number of carbonyl (C=O) groups is 1. The molecule has 0 unspecified atom stereocenters. The van der Waals surface area contributed by atoms with E-state index < -0.39 is 11.5 Å². The lowest BCUT2D eigenvalue weighted by Crippen LogP contribution is -2.30. The average Bonchev–Trinajstić information content (AvgIpc) is 2.66. The van der Waals surface area contributed by atoms with Crippen LogP contribution in [0, 0.1) is 0 Å². The van der Waals surface area contributed by atoms with E-state index in [1.165, 1.54) is 39.5 Å². The van der Waals surface area contributed by atoms with Gasteiger partial charge in [-0.2, -0.15) is 0 Å². The molecule has 0 atom stereocenters. The van der Waals surface area contributed by atoms with Gasteiger partial charge in [0.2, 0.25) is 0 Å².